The molecule has 4 heterocycles. The number of hydrogen-bond acceptors (Lipinski definition) is 14. The summed E-state index contributed by atoms with van der Waals surface area (Å²) in [6.07, 6.45) is 7.38. The van der Waals surface area contributed by atoms with Gasteiger partial charge in [0.1, 0.15) is 16.1 Å². The van der Waals surface area contributed by atoms with Crippen molar-refractivity contribution in [1.82, 2.24) is 29.7 Å². The topological polar surface area (TPSA) is 285 Å². The van der Waals surface area contributed by atoms with Gasteiger partial charge in [-0.15, -0.1) is 0 Å². The third-order valence-corrected chi connectivity index (χ3v) is 20.7. The summed E-state index contributed by atoms with van der Waals surface area (Å²) in [6, 6.07) is 50.8. The number of rotatable bonds is 16. The zero-order chi connectivity index (χ0) is 58.7. The van der Waals surface area contributed by atoms with E-state index < -0.39 is 40.0 Å². The SMILES string of the molecule is CC(C)(C)N(Cc1ccccn1)Cc1ccccn1.CC(C)(C)N(Cc1ccccn1)Cc1ccccn1.C[Si](C)(c1ccc(C(=O)[O-])cc1)c1ccc(C(=O)[O-])cc1.C[Si](C)(c1ccc(C(=O)[O-])cc1)c1ccc(C(=O)[O-])cc1.[Mn+2].[Mn+2].[OH3+].[OH3+]. The fourth-order valence-electron chi connectivity index (χ4n) is 8.23. The molecule has 0 amide bonds. The summed E-state index contributed by atoms with van der Waals surface area (Å²) in [6.45, 7) is 25.1. The van der Waals surface area contributed by atoms with Gasteiger partial charge >= 0.3 is 34.1 Å². The fourth-order valence-corrected chi connectivity index (χ4v) is 12.9. The second-order valence-corrected chi connectivity index (χ2v) is 30.9. The van der Waals surface area contributed by atoms with Gasteiger partial charge in [-0.05, 0) is 112 Å². The molecule has 0 aliphatic carbocycles. The van der Waals surface area contributed by atoms with Crippen molar-refractivity contribution in [2.45, 2.75) is 105 Å². The van der Waals surface area contributed by atoms with Gasteiger partial charge in [-0.1, -0.05) is 168 Å². The molecule has 0 saturated carbocycles. The Balaban J connectivity index is 0.000000552. The van der Waals surface area contributed by atoms with Gasteiger partial charge < -0.3 is 50.6 Å². The van der Waals surface area contributed by atoms with Gasteiger partial charge in [-0.3, -0.25) is 29.7 Å². The number of aromatic nitrogens is 4. The molecule has 0 aliphatic rings. The van der Waals surface area contributed by atoms with Crippen molar-refractivity contribution < 1.29 is 84.7 Å². The minimum absolute atomic E-state index is 0. The Morgan fingerprint density at radius 3 is 0.655 bits per heavy atom. The monoisotopic (exact) mass is 1250 g/mol. The molecule has 8 rings (SSSR count). The molecule has 0 fully saturated rings. The smallest absolute Gasteiger partial charge is 0.545 e. The molecule has 16 nitrogen and oxygen atoms in total. The Morgan fingerprint density at radius 2 is 0.524 bits per heavy atom. The molecule has 0 aliphatic heterocycles. The summed E-state index contributed by atoms with van der Waals surface area (Å²) in [5.74, 6) is -4.78. The Labute approximate surface area is 516 Å². The molecule has 4 aromatic heterocycles. The minimum Gasteiger partial charge on any atom is -0.545 e. The number of aromatic carboxylic acids is 4. The van der Waals surface area contributed by atoms with Crippen LogP contribution in [0.2, 0.25) is 26.2 Å². The standard InChI is InChI=1S/2C16H21N3.2C16H16O4Si.2Mn.2H2O/c2*1-16(2,3)19(12-14-8-4-6-10-17-14)13-15-9-5-7-11-18-15;2*1-21(2,13-7-3-11(4-8-13)15(17)18)14-9-5-12(6-10-14)16(19)20;;;;/h2*4-11H,12-13H2,1-3H3;2*3-10H,1-2H3,(H,17,18)(H,19,20);;;2*1H2/q;;;;2*+2;;/p-2. The summed E-state index contributed by atoms with van der Waals surface area (Å²) in [5, 5.41) is 47.3. The molecule has 8 aromatic rings. The average molecular weight is 1260 g/mol. The molecular formula is C64H76Mn2N6O10Si2+2. The second kappa shape index (κ2) is 34.4. The molecule has 84 heavy (non-hydrogen) atoms. The predicted octanol–water partition coefficient (Wildman–Crippen LogP) is 3.18. The van der Waals surface area contributed by atoms with Crippen molar-refractivity contribution in [3.8, 4) is 0 Å². The van der Waals surface area contributed by atoms with E-state index in [-0.39, 0.29) is 78.4 Å². The normalized spacial score (nSPS) is 10.9. The molecule has 0 bridgehead atoms. The molecule has 20 heteroatoms. The zero-order valence-corrected chi connectivity index (χ0v) is 53.5. The van der Waals surface area contributed by atoms with Gasteiger partial charge in [0.05, 0.1) is 46.7 Å². The molecule has 442 valence electrons. The zero-order valence-electron chi connectivity index (χ0n) is 49.2. The number of carbonyl (C=O) groups is 4. The summed E-state index contributed by atoms with van der Waals surface area (Å²) in [4.78, 5) is 65.5. The Hall–Kier alpha value is -7.33. The van der Waals surface area contributed by atoms with Crippen LogP contribution in [-0.2, 0) is 71.3 Å². The first-order valence-corrected chi connectivity index (χ1v) is 32.1. The van der Waals surface area contributed by atoms with E-state index in [1.165, 1.54) is 48.5 Å². The van der Waals surface area contributed by atoms with Crippen molar-refractivity contribution in [3.05, 3.63) is 240 Å². The van der Waals surface area contributed by atoms with E-state index in [9.17, 15) is 39.6 Å². The van der Waals surface area contributed by atoms with Crippen molar-refractivity contribution in [2.75, 3.05) is 0 Å². The maximum Gasteiger partial charge on any atom is 2.00 e. The van der Waals surface area contributed by atoms with Gasteiger partial charge in [0.25, 0.3) is 0 Å². The van der Waals surface area contributed by atoms with Crippen molar-refractivity contribution in [3.63, 3.8) is 0 Å². The first kappa shape index (κ1) is 74.7. The largest absolute Gasteiger partial charge is 2.00 e. The van der Waals surface area contributed by atoms with Crippen molar-refractivity contribution in [2.24, 2.45) is 0 Å². The molecule has 6 N–H and O–H groups in total. The number of pyridine rings is 4. The molecule has 0 atom stereocenters. The Kier molecular flexibility index (Phi) is 30.6. The van der Waals surface area contributed by atoms with E-state index in [0.717, 1.165) is 69.7 Å². The number of benzene rings is 4. The molecular weight excluding hydrogens is 1180 g/mol. The number of nitrogens with zero attached hydrogens (tertiary/aromatic N) is 6. The summed E-state index contributed by atoms with van der Waals surface area (Å²) in [5.41, 5.74) is 5.12. The van der Waals surface area contributed by atoms with E-state index >= 15 is 0 Å². The van der Waals surface area contributed by atoms with Crippen LogP contribution in [0, 0.1) is 0 Å². The van der Waals surface area contributed by atoms with Crippen LogP contribution < -0.4 is 41.2 Å². The number of carboxylic acids is 4. The maximum atomic E-state index is 10.8. The quantitative estimate of drug-likeness (QED) is 0.0993. The van der Waals surface area contributed by atoms with Gasteiger partial charge in [0.15, 0.2) is 0 Å². The van der Waals surface area contributed by atoms with Crippen LogP contribution in [0.5, 0.6) is 0 Å². The van der Waals surface area contributed by atoms with Gasteiger partial charge in [-0.2, -0.15) is 0 Å². The molecule has 0 spiro atoms. The van der Waals surface area contributed by atoms with Crippen LogP contribution in [0.25, 0.3) is 0 Å². The van der Waals surface area contributed by atoms with Gasteiger partial charge in [0, 0.05) is 62.0 Å². The number of carboxylic acid groups (broad SMARTS) is 4. The predicted molar refractivity (Wildman–Crippen MR) is 321 cm³/mol. The van der Waals surface area contributed by atoms with Crippen LogP contribution in [0.1, 0.15) is 106 Å². The fraction of sp³-hybridized carbons (Fsp3) is 0.250. The molecule has 2 radical (unpaired) electrons. The number of carbonyl (C=O) groups excluding carboxylic acids is 4. The molecule has 0 saturated heterocycles. The van der Waals surface area contributed by atoms with Crippen molar-refractivity contribution in [1.29, 1.82) is 0 Å². The third kappa shape index (κ3) is 23.0. The van der Waals surface area contributed by atoms with E-state index in [0.29, 0.717) is 0 Å². The first-order valence-electron chi connectivity index (χ1n) is 26.1. The average Bonchev–Trinajstić information content (AvgIpc) is 3.44. The molecule has 4 aromatic carbocycles. The molecule has 0 unspecified atom stereocenters. The Morgan fingerprint density at radius 1 is 0.345 bits per heavy atom. The van der Waals surface area contributed by atoms with E-state index in [1.807, 2.05) is 73.3 Å². The maximum absolute atomic E-state index is 10.8. The Bertz CT molecular complexity index is 2810. The van der Waals surface area contributed by atoms with Crippen LogP contribution in [0.15, 0.2) is 195 Å². The van der Waals surface area contributed by atoms with Gasteiger partial charge in [-0.25, -0.2) is 0 Å². The summed E-state index contributed by atoms with van der Waals surface area (Å²) < 4.78 is 0. The van der Waals surface area contributed by atoms with Crippen LogP contribution in [-0.4, -0.2) is 80.8 Å². The van der Waals surface area contributed by atoms with Crippen molar-refractivity contribution >= 4 is 60.8 Å². The van der Waals surface area contributed by atoms with E-state index in [2.05, 4.69) is 122 Å². The van der Waals surface area contributed by atoms with Crippen LogP contribution >= 0.6 is 0 Å². The van der Waals surface area contributed by atoms with Crippen LogP contribution in [0.4, 0.5) is 0 Å². The van der Waals surface area contributed by atoms with Gasteiger partial charge in [0.2, 0.25) is 0 Å². The summed E-state index contributed by atoms with van der Waals surface area (Å²) in [7, 11) is -4.00. The number of hydrogen-bond donors (Lipinski definition) is 0. The van der Waals surface area contributed by atoms with E-state index in [1.54, 1.807) is 48.5 Å². The second-order valence-electron chi connectivity index (χ2n) is 22.0. The minimum atomic E-state index is -2.00. The van der Waals surface area contributed by atoms with E-state index in [4.69, 9.17) is 0 Å². The summed E-state index contributed by atoms with van der Waals surface area (Å²) >= 11 is 0. The third-order valence-electron chi connectivity index (χ3n) is 13.6. The van der Waals surface area contributed by atoms with Crippen LogP contribution in [0.3, 0.4) is 0 Å². The first-order chi connectivity index (χ1) is 37.7.